The second-order valence-electron chi connectivity index (χ2n) is 5.93. The third-order valence-corrected chi connectivity index (χ3v) is 4.38. The van der Waals surface area contributed by atoms with Crippen LogP contribution in [0.25, 0.3) is 16.6 Å². The van der Waals surface area contributed by atoms with Crippen LogP contribution < -0.4 is 14.8 Å². The molecule has 7 nitrogen and oxygen atoms in total. The average Bonchev–Trinajstić information content (AvgIpc) is 3.17. The Kier molecular flexibility index (Phi) is 4.04. The molecule has 0 unspecified atom stereocenters. The largest absolute Gasteiger partial charge is 0.497 e. The first kappa shape index (κ1) is 16.1. The lowest BCUT2D eigenvalue weighted by molar-refractivity contribution is 0.391. The van der Waals surface area contributed by atoms with E-state index in [0.29, 0.717) is 12.5 Å². The Morgan fingerprint density at radius 1 is 1.12 bits per heavy atom. The Balaban J connectivity index is 1.73. The Hall–Kier alpha value is -3.35. The second kappa shape index (κ2) is 6.51. The molecule has 0 saturated heterocycles. The molecule has 4 rings (SSSR count). The van der Waals surface area contributed by atoms with Gasteiger partial charge in [-0.3, -0.25) is 0 Å². The van der Waals surface area contributed by atoms with E-state index in [9.17, 15) is 0 Å². The van der Waals surface area contributed by atoms with Crippen LogP contribution in [0.1, 0.15) is 11.1 Å². The maximum absolute atomic E-state index is 5.46. The average molecular weight is 349 g/mol. The van der Waals surface area contributed by atoms with E-state index in [-0.39, 0.29) is 0 Å². The Morgan fingerprint density at radius 2 is 2.00 bits per heavy atom. The highest BCUT2D eigenvalue weighted by atomic mass is 16.5. The number of aromatic nitrogens is 4. The highest BCUT2D eigenvalue weighted by molar-refractivity contribution is 5.94. The summed E-state index contributed by atoms with van der Waals surface area (Å²) in [4.78, 5) is 9.15. The number of hydrogen-bond acceptors (Lipinski definition) is 6. The van der Waals surface area contributed by atoms with Gasteiger partial charge in [0.2, 0.25) is 5.95 Å². The van der Waals surface area contributed by atoms with Crippen molar-refractivity contribution in [3.63, 3.8) is 0 Å². The number of benzene rings is 2. The van der Waals surface area contributed by atoms with Gasteiger partial charge < -0.3 is 14.8 Å². The minimum absolute atomic E-state index is 0.534. The molecule has 0 amide bonds. The topological polar surface area (TPSA) is 73.6 Å². The monoisotopic (exact) mass is 349 g/mol. The van der Waals surface area contributed by atoms with Crippen LogP contribution >= 0.6 is 0 Å². The van der Waals surface area contributed by atoms with Crippen molar-refractivity contribution in [3.8, 4) is 11.5 Å². The van der Waals surface area contributed by atoms with Gasteiger partial charge in [0.05, 0.1) is 19.7 Å². The van der Waals surface area contributed by atoms with Gasteiger partial charge in [-0.15, -0.1) is 0 Å². The van der Waals surface area contributed by atoms with Crippen LogP contribution in [0.15, 0.2) is 42.7 Å². The third-order valence-electron chi connectivity index (χ3n) is 4.38. The maximum atomic E-state index is 5.46. The van der Waals surface area contributed by atoms with Gasteiger partial charge in [0.15, 0.2) is 5.65 Å². The molecule has 0 atom stereocenters. The van der Waals surface area contributed by atoms with E-state index >= 15 is 0 Å². The maximum Gasteiger partial charge on any atom is 0.226 e. The quantitative estimate of drug-likeness (QED) is 0.596. The lowest BCUT2D eigenvalue weighted by Crippen LogP contribution is -2.09. The highest BCUT2D eigenvalue weighted by Gasteiger charge is 2.12. The molecule has 132 valence electrons. The van der Waals surface area contributed by atoms with Gasteiger partial charge in [-0.25, -0.2) is 9.97 Å². The summed E-state index contributed by atoms with van der Waals surface area (Å²) in [6.07, 6.45) is 1.54. The van der Waals surface area contributed by atoms with Crippen LogP contribution in [0.4, 0.5) is 5.95 Å². The fraction of sp³-hybridized carbons (Fsp3) is 0.211. The first-order chi connectivity index (χ1) is 12.7. The molecule has 0 aliphatic carbocycles. The minimum Gasteiger partial charge on any atom is -0.497 e. The predicted octanol–water partition coefficient (Wildman–Crippen LogP) is 3.22. The molecular weight excluding hydrogens is 330 g/mol. The van der Waals surface area contributed by atoms with E-state index in [1.54, 1.807) is 18.7 Å². The lowest BCUT2D eigenvalue weighted by Gasteiger charge is -2.13. The number of methoxy groups -OCH3 is 2. The second-order valence-corrected chi connectivity index (χ2v) is 5.93. The van der Waals surface area contributed by atoms with Crippen LogP contribution in [-0.2, 0) is 6.54 Å². The molecule has 2 aromatic carbocycles. The number of ether oxygens (including phenoxy) is 2. The zero-order valence-corrected chi connectivity index (χ0v) is 14.9. The standard InChI is InChI=1S/C19H19N5O2/c1-12-5-4-6-15-17(12)23-19(24-18(15)21-11-22-24)20-10-13-7-8-14(25-2)9-16(13)26-3/h4-9,11H,10H2,1-3H3,(H,20,23). The van der Waals surface area contributed by atoms with Crippen molar-refractivity contribution < 1.29 is 9.47 Å². The number of nitrogens with zero attached hydrogens (tertiary/aromatic N) is 4. The molecule has 4 aromatic rings. The number of nitrogens with one attached hydrogen (secondary N) is 1. The van der Waals surface area contributed by atoms with Crippen molar-refractivity contribution in [2.45, 2.75) is 13.5 Å². The summed E-state index contributed by atoms with van der Waals surface area (Å²) in [5.74, 6) is 2.14. The summed E-state index contributed by atoms with van der Waals surface area (Å²) in [5.41, 5.74) is 3.78. The van der Waals surface area contributed by atoms with Crippen molar-refractivity contribution in [1.29, 1.82) is 0 Å². The van der Waals surface area contributed by atoms with Gasteiger partial charge in [-0.1, -0.05) is 12.1 Å². The molecule has 2 heterocycles. The fourth-order valence-corrected chi connectivity index (χ4v) is 3.01. The van der Waals surface area contributed by atoms with E-state index in [0.717, 1.165) is 39.2 Å². The van der Waals surface area contributed by atoms with Crippen LogP contribution in [-0.4, -0.2) is 33.8 Å². The smallest absolute Gasteiger partial charge is 0.226 e. The first-order valence-corrected chi connectivity index (χ1v) is 8.25. The van der Waals surface area contributed by atoms with E-state index in [1.807, 2.05) is 43.3 Å². The molecule has 0 radical (unpaired) electrons. The van der Waals surface area contributed by atoms with Crippen molar-refractivity contribution in [1.82, 2.24) is 19.6 Å². The molecule has 2 aromatic heterocycles. The summed E-state index contributed by atoms with van der Waals surface area (Å²) < 4.78 is 12.4. The molecular formula is C19H19N5O2. The number of aryl methyl sites for hydroxylation is 1. The molecule has 1 N–H and O–H groups in total. The Bertz CT molecular complexity index is 1090. The van der Waals surface area contributed by atoms with Gasteiger partial charge in [0.25, 0.3) is 0 Å². The Labute approximate surface area is 150 Å². The summed E-state index contributed by atoms with van der Waals surface area (Å²) in [6, 6.07) is 11.8. The molecule has 26 heavy (non-hydrogen) atoms. The highest BCUT2D eigenvalue weighted by Crippen LogP contribution is 2.26. The molecule has 0 saturated carbocycles. The summed E-state index contributed by atoms with van der Waals surface area (Å²) in [6.45, 7) is 2.57. The number of rotatable bonds is 5. The summed E-state index contributed by atoms with van der Waals surface area (Å²) >= 11 is 0. The number of hydrogen-bond donors (Lipinski definition) is 1. The van der Waals surface area contributed by atoms with E-state index < -0.39 is 0 Å². The number of anilines is 1. The Morgan fingerprint density at radius 3 is 2.81 bits per heavy atom. The SMILES string of the molecule is COc1ccc(CNc2nc3c(C)cccc3c3ncnn23)c(OC)c1. The van der Waals surface area contributed by atoms with Gasteiger partial charge >= 0.3 is 0 Å². The normalized spacial score (nSPS) is 11.0. The zero-order valence-electron chi connectivity index (χ0n) is 14.9. The fourth-order valence-electron chi connectivity index (χ4n) is 3.01. The molecule has 0 aliphatic heterocycles. The number of para-hydroxylation sites is 1. The van der Waals surface area contributed by atoms with Crippen molar-refractivity contribution in [2.24, 2.45) is 0 Å². The van der Waals surface area contributed by atoms with Gasteiger partial charge in [-0.05, 0) is 30.7 Å². The van der Waals surface area contributed by atoms with Crippen LogP contribution in [0.5, 0.6) is 11.5 Å². The van der Waals surface area contributed by atoms with E-state index in [4.69, 9.17) is 14.5 Å². The van der Waals surface area contributed by atoms with Crippen LogP contribution in [0.3, 0.4) is 0 Å². The van der Waals surface area contributed by atoms with Gasteiger partial charge in [-0.2, -0.15) is 9.61 Å². The summed E-state index contributed by atoms with van der Waals surface area (Å²) in [5, 5.41) is 8.64. The van der Waals surface area contributed by atoms with Crippen LogP contribution in [0, 0.1) is 6.92 Å². The lowest BCUT2D eigenvalue weighted by atomic mass is 10.1. The van der Waals surface area contributed by atoms with E-state index in [2.05, 4.69) is 15.4 Å². The van der Waals surface area contributed by atoms with Crippen molar-refractivity contribution >= 4 is 22.5 Å². The third kappa shape index (κ3) is 2.67. The summed E-state index contributed by atoms with van der Waals surface area (Å²) in [7, 11) is 3.28. The molecule has 0 spiro atoms. The predicted molar refractivity (Wildman–Crippen MR) is 99.9 cm³/mol. The molecule has 0 aliphatic rings. The van der Waals surface area contributed by atoms with E-state index in [1.165, 1.54) is 6.33 Å². The number of fused-ring (bicyclic) bond motifs is 3. The van der Waals surface area contributed by atoms with Gasteiger partial charge in [0.1, 0.15) is 17.8 Å². The molecule has 7 heteroatoms. The van der Waals surface area contributed by atoms with Crippen LogP contribution in [0.2, 0.25) is 0 Å². The molecule has 0 bridgehead atoms. The first-order valence-electron chi connectivity index (χ1n) is 8.25. The van der Waals surface area contributed by atoms with Crippen molar-refractivity contribution in [2.75, 3.05) is 19.5 Å². The van der Waals surface area contributed by atoms with Crippen molar-refractivity contribution in [3.05, 3.63) is 53.9 Å². The zero-order chi connectivity index (χ0) is 18.1. The minimum atomic E-state index is 0.534. The van der Waals surface area contributed by atoms with Gasteiger partial charge in [0, 0.05) is 23.6 Å². The molecule has 0 fully saturated rings.